The summed E-state index contributed by atoms with van der Waals surface area (Å²) in [7, 11) is 0. The summed E-state index contributed by atoms with van der Waals surface area (Å²) in [6.45, 7) is 2.97. The van der Waals surface area contributed by atoms with Crippen LogP contribution in [0.4, 0.5) is 5.82 Å². The van der Waals surface area contributed by atoms with Gasteiger partial charge in [0.05, 0.1) is 0 Å². The molecule has 0 aliphatic rings. The van der Waals surface area contributed by atoms with E-state index in [2.05, 4.69) is 32.7 Å². The molecule has 1 aromatic heterocycles. The quantitative estimate of drug-likeness (QED) is 0.555. The fourth-order valence-corrected chi connectivity index (χ4v) is 2.93. The lowest BCUT2D eigenvalue weighted by atomic mass is 10.1. The molecule has 144 valence electrons. The van der Waals surface area contributed by atoms with Crippen molar-refractivity contribution in [2.75, 3.05) is 11.9 Å². The summed E-state index contributed by atoms with van der Waals surface area (Å²) in [5.74, 6) is 0.995. The number of hydrogen-bond donors (Lipinski definition) is 2. The van der Waals surface area contributed by atoms with E-state index in [1.54, 1.807) is 25.1 Å². The molecule has 0 fully saturated rings. The van der Waals surface area contributed by atoms with Crippen LogP contribution in [0.15, 0.2) is 60.7 Å². The van der Waals surface area contributed by atoms with Gasteiger partial charge in [0, 0.05) is 24.2 Å². The molecule has 0 spiro atoms. The molecule has 0 saturated heterocycles. The van der Waals surface area contributed by atoms with Crippen LogP contribution in [0.5, 0.6) is 0 Å². The number of nitrogens with one attached hydrogen (secondary N) is 2. The van der Waals surface area contributed by atoms with Crippen LogP contribution in [0, 0.1) is 6.92 Å². The van der Waals surface area contributed by atoms with Gasteiger partial charge >= 0.3 is 0 Å². The van der Waals surface area contributed by atoms with E-state index in [1.165, 1.54) is 5.56 Å². The highest BCUT2D eigenvalue weighted by Crippen LogP contribution is 2.11. The van der Waals surface area contributed by atoms with E-state index >= 15 is 0 Å². The third kappa shape index (κ3) is 6.06. The van der Waals surface area contributed by atoms with E-state index in [0.717, 1.165) is 24.9 Å². The van der Waals surface area contributed by atoms with Crippen molar-refractivity contribution in [3.8, 4) is 0 Å². The fraction of sp³-hybridized carbons (Fsp3) is 0.227. The molecule has 0 unspecified atom stereocenters. The van der Waals surface area contributed by atoms with Crippen LogP contribution >= 0.6 is 11.6 Å². The number of benzene rings is 2. The Labute approximate surface area is 170 Å². The van der Waals surface area contributed by atoms with E-state index in [4.69, 9.17) is 11.6 Å². The van der Waals surface area contributed by atoms with E-state index in [9.17, 15) is 4.79 Å². The molecule has 1 amide bonds. The summed E-state index contributed by atoms with van der Waals surface area (Å²) in [6.07, 6.45) is 1.97. The highest BCUT2D eigenvalue weighted by Gasteiger charge is 2.10. The number of carbonyl (C=O) groups is 1. The van der Waals surface area contributed by atoms with Crippen LogP contribution in [0.25, 0.3) is 0 Å². The van der Waals surface area contributed by atoms with Gasteiger partial charge in [-0.05, 0) is 43.0 Å². The minimum absolute atomic E-state index is 0.229. The van der Waals surface area contributed by atoms with Crippen molar-refractivity contribution in [2.45, 2.75) is 26.3 Å². The predicted octanol–water partition coefficient (Wildman–Crippen LogP) is 4.41. The zero-order valence-electron chi connectivity index (χ0n) is 15.8. The Kier molecular flexibility index (Phi) is 6.98. The van der Waals surface area contributed by atoms with Crippen LogP contribution in [-0.4, -0.2) is 22.4 Å². The fourth-order valence-electron chi connectivity index (χ4n) is 2.80. The molecule has 1 heterocycles. The Morgan fingerprint density at radius 2 is 1.75 bits per heavy atom. The summed E-state index contributed by atoms with van der Waals surface area (Å²) >= 11 is 5.88. The Balaban J connectivity index is 1.53. The molecule has 0 aliphatic carbocycles. The minimum Gasteiger partial charge on any atom is -0.370 e. The van der Waals surface area contributed by atoms with Gasteiger partial charge in [0.25, 0.3) is 5.91 Å². The second kappa shape index (κ2) is 9.85. The van der Waals surface area contributed by atoms with Gasteiger partial charge in [-0.3, -0.25) is 4.79 Å². The average molecular weight is 395 g/mol. The first-order valence-electron chi connectivity index (χ1n) is 9.26. The molecule has 6 heteroatoms. The van der Waals surface area contributed by atoms with E-state index in [0.29, 0.717) is 28.9 Å². The molecule has 2 N–H and O–H groups in total. The van der Waals surface area contributed by atoms with Gasteiger partial charge in [-0.1, -0.05) is 54.1 Å². The highest BCUT2D eigenvalue weighted by atomic mass is 35.5. The van der Waals surface area contributed by atoms with E-state index < -0.39 is 0 Å². The van der Waals surface area contributed by atoms with Gasteiger partial charge in [-0.15, -0.1) is 0 Å². The molecular formula is C22H23ClN4O. The Morgan fingerprint density at radius 3 is 2.50 bits per heavy atom. The average Bonchev–Trinajstić information content (AvgIpc) is 2.71. The van der Waals surface area contributed by atoms with Crippen molar-refractivity contribution >= 4 is 23.3 Å². The van der Waals surface area contributed by atoms with Crippen LogP contribution in [0.1, 0.15) is 33.9 Å². The topological polar surface area (TPSA) is 66.9 Å². The SMILES string of the molecule is Cc1nc(NCCCc2ccccc2)cc(C(=O)NCc2ccc(Cl)cc2)n1. The molecular weight excluding hydrogens is 372 g/mol. The standard InChI is InChI=1S/C22H23ClN4O/c1-16-26-20(22(28)25-15-18-9-11-19(23)12-10-18)14-21(27-16)24-13-5-8-17-6-3-2-4-7-17/h2-4,6-7,9-12,14H,5,8,13,15H2,1H3,(H,25,28)(H,24,26,27). The molecule has 2 aromatic carbocycles. The first-order valence-corrected chi connectivity index (χ1v) is 9.64. The van der Waals surface area contributed by atoms with Gasteiger partial charge in [-0.25, -0.2) is 9.97 Å². The highest BCUT2D eigenvalue weighted by molar-refractivity contribution is 6.30. The van der Waals surface area contributed by atoms with Gasteiger partial charge in [0.2, 0.25) is 0 Å². The van der Waals surface area contributed by atoms with Crippen molar-refractivity contribution in [1.29, 1.82) is 0 Å². The van der Waals surface area contributed by atoms with Crippen LogP contribution < -0.4 is 10.6 Å². The summed E-state index contributed by atoms with van der Waals surface area (Å²) < 4.78 is 0. The summed E-state index contributed by atoms with van der Waals surface area (Å²) in [5, 5.41) is 6.83. The number of hydrogen-bond acceptors (Lipinski definition) is 4. The molecule has 28 heavy (non-hydrogen) atoms. The molecule has 0 aliphatic heterocycles. The summed E-state index contributed by atoms with van der Waals surface area (Å²) in [5.41, 5.74) is 2.64. The number of amides is 1. The number of rotatable bonds is 8. The first kappa shape index (κ1) is 19.8. The molecule has 0 saturated carbocycles. The predicted molar refractivity (Wildman–Crippen MR) is 113 cm³/mol. The van der Waals surface area contributed by atoms with Crippen molar-refractivity contribution < 1.29 is 4.79 Å². The smallest absolute Gasteiger partial charge is 0.270 e. The first-order chi connectivity index (χ1) is 13.6. The maximum Gasteiger partial charge on any atom is 0.270 e. The minimum atomic E-state index is -0.229. The number of aryl methyl sites for hydroxylation is 2. The lowest BCUT2D eigenvalue weighted by Crippen LogP contribution is -2.24. The number of anilines is 1. The molecule has 5 nitrogen and oxygen atoms in total. The molecule has 0 bridgehead atoms. The molecule has 0 radical (unpaired) electrons. The lowest BCUT2D eigenvalue weighted by molar-refractivity contribution is 0.0945. The zero-order valence-corrected chi connectivity index (χ0v) is 16.5. The Hall–Kier alpha value is -2.92. The van der Waals surface area contributed by atoms with E-state index in [-0.39, 0.29) is 5.91 Å². The largest absolute Gasteiger partial charge is 0.370 e. The van der Waals surface area contributed by atoms with E-state index in [1.807, 2.05) is 30.3 Å². The second-order valence-corrected chi connectivity index (χ2v) is 6.95. The van der Waals surface area contributed by atoms with Gasteiger partial charge < -0.3 is 10.6 Å². The van der Waals surface area contributed by atoms with Crippen molar-refractivity contribution in [3.05, 3.63) is 88.3 Å². The van der Waals surface area contributed by atoms with Crippen molar-refractivity contribution in [2.24, 2.45) is 0 Å². The number of nitrogens with zero attached hydrogens (tertiary/aromatic N) is 2. The molecule has 3 aromatic rings. The third-order valence-corrected chi connectivity index (χ3v) is 4.48. The monoisotopic (exact) mass is 394 g/mol. The maximum absolute atomic E-state index is 12.4. The maximum atomic E-state index is 12.4. The van der Waals surface area contributed by atoms with Gasteiger partial charge in [0.1, 0.15) is 17.3 Å². The van der Waals surface area contributed by atoms with Gasteiger partial charge in [-0.2, -0.15) is 0 Å². The van der Waals surface area contributed by atoms with Crippen LogP contribution in [0.3, 0.4) is 0 Å². The number of aromatic nitrogens is 2. The summed E-state index contributed by atoms with van der Waals surface area (Å²) in [6, 6.07) is 19.4. The Bertz CT molecular complexity index is 914. The summed E-state index contributed by atoms with van der Waals surface area (Å²) in [4.78, 5) is 21.1. The Morgan fingerprint density at radius 1 is 1.00 bits per heavy atom. The van der Waals surface area contributed by atoms with Crippen molar-refractivity contribution in [3.63, 3.8) is 0 Å². The number of carbonyl (C=O) groups excluding carboxylic acids is 1. The second-order valence-electron chi connectivity index (χ2n) is 6.51. The molecule has 3 rings (SSSR count). The molecule has 0 atom stereocenters. The van der Waals surface area contributed by atoms with Crippen molar-refractivity contribution in [1.82, 2.24) is 15.3 Å². The third-order valence-electron chi connectivity index (χ3n) is 4.23. The van der Waals surface area contributed by atoms with Crippen LogP contribution in [-0.2, 0) is 13.0 Å². The van der Waals surface area contributed by atoms with Gasteiger partial charge in [0.15, 0.2) is 0 Å². The van der Waals surface area contributed by atoms with Crippen LogP contribution in [0.2, 0.25) is 5.02 Å². The normalized spacial score (nSPS) is 10.5. The lowest BCUT2D eigenvalue weighted by Gasteiger charge is -2.09. The number of halogens is 1. The zero-order chi connectivity index (χ0) is 19.8.